The third-order valence-electron chi connectivity index (χ3n) is 4.43. The maximum Gasteiger partial charge on any atom is 0.261 e. The number of ether oxygens (including phenoxy) is 1. The second kappa shape index (κ2) is 8.18. The van der Waals surface area contributed by atoms with Gasteiger partial charge < -0.3 is 10.1 Å². The molecule has 0 fully saturated rings. The summed E-state index contributed by atoms with van der Waals surface area (Å²) < 4.78 is 6.09. The molecule has 1 amide bonds. The highest BCUT2D eigenvalue weighted by atomic mass is 16.5. The SMILES string of the molecule is CCC(Oc1cccc2ccccc12)C(=O)NC(C(C)C)C(C)C. The van der Waals surface area contributed by atoms with E-state index in [1.807, 2.05) is 37.3 Å². The molecular weight excluding hydrogens is 298 g/mol. The lowest BCUT2D eigenvalue weighted by Crippen LogP contribution is -2.48. The third kappa shape index (κ3) is 4.28. The van der Waals surface area contributed by atoms with E-state index in [9.17, 15) is 4.79 Å². The molecule has 3 nitrogen and oxygen atoms in total. The summed E-state index contributed by atoms with van der Waals surface area (Å²) in [5.41, 5.74) is 0. The van der Waals surface area contributed by atoms with Crippen molar-refractivity contribution < 1.29 is 9.53 Å². The standard InChI is InChI=1S/C21H29NO2/c1-6-18(21(23)22-20(14(2)3)15(4)5)24-19-13-9-11-16-10-7-8-12-17(16)19/h7-15,18,20H,6H2,1-5H3,(H,22,23). The third-order valence-corrected chi connectivity index (χ3v) is 4.43. The minimum Gasteiger partial charge on any atom is -0.480 e. The van der Waals surface area contributed by atoms with Gasteiger partial charge in [-0.25, -0.2) is 0 Å². The van der Waals surface area contributed by atoms with Gasteiger partial charge in [0.1, 0.15) is 5.75 Å². The van der Waals surface area contributed by atoms with Crippen LogP contribution in [0.2, 0.25) is 0 Å². The maximum absolute atomic E-state index is 12.7. The zero-order chi connectivity index (χ0) is 17.7. The van der Waals surface area contributed by atoms with Crippen LogP contribution in [0, 0.1) is 11.8 Å². The number of carbonyl (C=O) groups is 1. The molecule has 1 unspecified atom stereocenters. The summed E-state index contributed by atoms with van der Waals surface area (Å²) in [6, 6.07) is 14.2. The Morgan fingerprint density at radius 1 is 1.00 bits per heavy atom. The molecular formula is C21H29NO2. The lowest BCUT2D eigenvalue weighted by molar-refractivity contribution is -0.129. The van der Waals surface area contributed by atoms with Crippen LogP contribution in [0.15, 0.2) is 42.5 Å². The van der Waals surface area contributed by atoms with E-state index >= 15 is 0 Å². The van der Waals surface area contributed by atoms with Crippen molar-refractivity contribution in [1.29, 1.82) is 0 Å². The molecule has 1 atom stereocenters. The second-order valence-electron chi connectivity index (χ2n) is 7.01. The van der Waals surface area contributed by atoms with E-state index < -0.39 is 6.10 Å². The van der Waals surface area contributed by atoms with E-state index in [2.05, 4.69) is 45.1 Å². The molecule has 0 spiro atoms. The van der Waals surface area contributed by atoms with E-state index in [0.717, 1.165) is 16.5 Å². The van der Waals surface area contributed by atoms with Gasteiger partial charge >= 0.3 is 0 Å². The van der Waals surface area contributed by atoms with Crippen LogP contribution < -0.4 is 10.1 Å². The fraction of sp³-hybridized carbons (Fsp3) is 0.476. The molecule has 130 valence electrons. The topological polar surface area (TPSA) is 38.3 Å². The molecule has 0 saturated carbocycles. The Balaban J connectivity index is 2.17. The van der Waals surface area contributed by atoms with Gasteiger partial charge in [0.25, 0.3) is 5.91 Å². The first-order valence-electron chi connectivity index (χ1n) is 8.88. The van der Waals surface area contributed by atoms with Crippen LogP contribution in [0.3, 0.4) is 0 Å². The zero-order valence-corrected chi connectivity index (χ0v) is 15.4. The molecule has 0 heterocycles. The van der Waals surface area contributed by atoms with Crippen LogP contribution in [0.1, 0.15) is 41.0 Å². The first-order valence-corrected chi connectivity index (χ1v) is 8.88. The Labute approximate surface area is 145 Å². The van der Waals surface area contributed by atoms with Gasteiger partial charge in [-0.05, 0) is 29.7 Å². The maximum atomic E-state index is 12.7. The van der Waals surface area contributed by atoms with Crippen molar-refractivity contribution in [2.75, 3.05) is 0 Å². The van der Waals surface area contributed by atoms with Crippen LogP contribution in [0.25, 0.3) is 10.8 Å². The highest BCUT2D eigenvalue weighted by Gasteiger charge is 2.25. The first-order chi connectivity index (χ1) is 11.4. The smallest absolute Gasteiger partial charge is 0.261 e. The Kier molecular flexibility index (Phi) is 6.24. The van der Waals surface area contributed by atoms with Crippen molar-refractivity contribution in [3.63, 3.8) is 0 Å². The summed E-state index contributed by atoms with van der Waals surface area (Å²) >= 11 is 0. The average molecular weight is 327 g/mol. The number of hydrogen-bond acceptors (Lipinski definition) is 2. The molecule has 1 N–H and O–H groups in total. The molecule has 0 aliphatic rings. The largest absolute Gasteiger partial charge is 0.480 e. The highest BCUT2D eigenvalue weighted by Crippen LogP contribution is 2.26. The summed E-state index contributed by atoms with van der Waals surface area (Å²) in [6.45, 7) is 10.5. The van der Waals surface area contributed by atoms with Crippen LogP contribution in [-0.4, -0.2) is 18.1 Å². The van der Waals surface area contributed by atoms with Crippen molar-refractivity contribution in [3.05, 3.63) is 42.5 Å². The summed E-state index contributed by atoms with van der Waals surface area (Å²) in [7, 11) is 0. The van der Waals surface area contributed by atoms with Gasteiger partial charge in [0.2, 0.25) is 0 Å². The van der Waals surface area contributed by atoms with Gasteiger partial charge in [-0.1, -0.05) is 71.0 Å². The van der Waals surface area contributed by atoms with E-state index in [1.54, 1.807) is 0 Å². The predicted molar refractivity (Wildman–Crippen MR) is 100 cm³/mol. The monoisotopic (exact) mass is 327 g/mol. The average Bonchev–Trinajstić information content (AvgIpc) is 2.56. The van der Waals surface area contributed by atoms with Gasteiger partial charge in [0, 0.05) is 11.4 Å². The number of carbonyl (C=O) groups excluding carboxylic acids is 1. The van der Waals surface area contributed by atoms with Crippen molar-refractivity contribution in [1.82, 2.24) is 5.32 Å². The molecule has 2 aromatic carbocycles. The highest BCUT2D eigenvalue weighted by molar-refractivity contribution is 5.89. The number of hydrogen-bond donors (Lipinski definition) is 1. The minimum atomic E-state index is -0.476. The molecule has 2 rings (SSSR count). The van der Waals surface area contributed by atoms with E-state index in [4.69, 9.17) is 4.74 Å². The van der Waals surface area contributed by atoms with E-state index in [1.165, 1.54) is 0 Å². The van der Waals surface area contributed by atoms with Crippen LogP contribution >= 0.6 is 0 Å². The molecule has 0 aliphatic heterocycles. The number of nitrogens with one attached hydrogen (secondary N) is 1. The summed E-state index contributed by atoms with van der Waals surface area (Å²) in [5.74, 6) is 1.52. The van der Waals surface area contributed by atoms with Crippen molar-refractivity contribution in [2.45, 2.75) is 53.2 Å². The van der Waals surface area contributed by atoms with Gasteiger partial charge in [-0.2, -0.15) is 0 Å². The fourth-order valence-electron chi connectivity index (χ4n) is 3.13. The van der Waals surface area contributed by atoms with Gasteiger partial charge in [0.05, 0.1) is 0 Å². The summed E-state index contributed by atoms with van der Waals surface area (Å²) in [5, 5.41) is 5.33. The van der Waals surface area contributed by atoms with Gasteiger partial charge in [-0.3, -0.25) is 4.79 Å². The van der Waals surface area contributed by atoms with Gasteiger partial charge in [-0.15, -0.1) is 0 Å². The summed E-state index contributed by atoms with van der Waals surface area (Å²) in [4.78, 5) is 12.7. The Morgan fingerprint density at radius 3 is 2.25 bits per heavy atom. The minimum absolute atomic E-state index is 0.0298. The predicted octanol–water partition coefficient (Wildman–Crippen LogP) is 4.79. The summed E-state index contributed by atoms with van der Waals surface area (Å²) in [6.07, 6.45) is 0.161. The Morgan fingerprint density at radius 2 is 1.62 bits per heavy atom. The molecule has 0 bridgehead atoms. The molecule has 0 saturated heterocycles. The zero-order valence-electron chi connectivity index (χ0n) is 15.4. The number of rotatable bonds is 7. The molecule has 0 aliphatic carbocycles. The normalized spacial score (nSPS) is 12.8. The molecule has 24 heavy (non-hydrogen) atoms. The first kappa shape index (κ1) is 18.3. The van der Waals surface area contributed by atoms with E-state index in [-0.39, 0.29) is 11.9 Å². The number of amides is 1. The second-order valence-corrected chi connectivity index (χ2v) is 7.01. The number of benzene rings is 2. The van der Waals surface area contributed by atoms with Crippen molar-refractivity contribution in [2.24, 2.45) is 11.8 Å². The molecule has 2 aromatic rings. The Bertz CT molecular complexity index is 665. The number of fused-ring (bicyclic) bond motifs is 1. The lowest BCUT2D eigenvalue weighted by Gasteiger charge is -2.28. The van der Waals surface area contributed by atoms with Crippen LogP contribution in [-0.2, 0) is 4.79 Å². The molecule has 0 aromatic heterocycles. The van der Waals surface area contributed by atoms with Crippen LogP contribution in [0.4, 0.5) is 0 Å². The molecule has 3 heteroatoms. The Hall–Kier alpha value is -2.03. The van der Waals surface area contributed by atoms with Gasteiger partial charge in [0.15, 0.2) is 6.10 Å². The van der Waals surface area contributed by atoms with Crippen molar-refractivity contribution in [3.8, 4) is 5.75 Å². The molecule has 0 radical (unpaired) electrons. The quantitative estimate of drug-likeness (QED) is 0.793. The van der Waals surface area contributed by atoms with Crippen LogP contribution in [0.5, 0.6) is 5.75 Å². The lowest BCUT2D eigenvalue weighted by atomic mass is 9.93. The van der Waals surface area contributed by atoms with Crippen molar-refractivity contribution >= 4 is 16.7 Å². The van der Waals surface area contributed by atoms with E-state index in [0.29, 0.717) is 18.3 Å². The fourth-order valence-corrected chi connectivity index (χ4v) is 3.13.